The van der Waals surface area contributed by atoms with E-state index in [0.717, 1.165) is 17.3 Å². The van der Waals surface area contributed by atoms with Crippen LogP contribution in [0.2, 0.25) is 0 Å². The summed E-state index contributed by atoms with van der Waals surface area (Å²) in [5, 5.41) is 3.79. The van der Waals surface area contributed by atoms with Gasteiger partial charge in [-0.05, 0) is 59.6 Å². The summed E-state index contributed by atoms with van der Waals surface area (Å²) in [6.07, 6.45) is 5.45. The van der Waals surface area contributed by atoms with Crippen molar-refractivity contribution in [1.29, 1.82) is 0 Å². The van der Waals surface area contributed by atoms with E-state index in [1.165, 1.54) is 6.42 Å². The second-order valence-corrected chi connectivity index (χ2v) is 6.68. The summed E-state index contributed by atoms with van der Waals surface area (Å²) in [6.45, 7) is 0. The van der Waals surface area contributed by atoms with Gasteiger partial charge in [0.1, 0.15) is 5.75 Å². The fourth-order valence-corrected chi connectivity index (χ4v) is 3.58. The molecule has 19 heavy (non-hydrogen) atoms. The average molecular weight is 344 g/mol. The molecule has 2 atom stereocenters. The molecule has 2 rings (SSSR count). The molecule has 5 heteroatoms. The number of benzene rings is 1. The number of carbonyl (C=O) groups is 1. The van der Waals surface area contributed by atoms with E-state index in [4.69, 9.17) is 4.74 Å². The van der Waals surface area contributed by atoms with Crippen molar-refractivity contribution in [3.8, 4) is 5.75 Å². The fourth-order valence-electron chi connectivity index (χ4n) is 2.35. The number of amides is 1. The number of hydrogen-bond acceptors (Lipinski definition) is 3. The molecule has 0 radical (unpaired) electrons. The summed E-state index contributed by atoms with van der Waals surface area (Å²) < 4.78 is 5.96. The van der Waals surface area contributed by atoms with Crippen LogP contribution in [0.15, 0.2) is 22.7 Å². The Hall–Kier alpha value is -0.680. The van der Waals surface area contributed by atoms with E-state index in [0.29, 0.717) is 22.6 Å². The van der Waals surface area contributed by atoms with Gasteiger partial charge in [-0.1, -0.05) is 0 Å². The zero-order valence-electron chi connectivity index (χ0n) is 11.1. The number of halogens is 1. The first-order valence-corrected chi connectivity index (χ1v) is 8.39. The minimum Gasteiger partial charge on any atom is -0.497 e. The lowest BCUT2D eigenvalue weighted by molar-refractivity contribution is 0.0937. The van der Waals surface area contributed by atoms with Crippen molar-refractivity contribution in [3.63, 3.8) is 0 Å². The summed E-state index contributed by atoms with van der Waals surface area (Å²) in [5.41, 5.74) is 0.631. The van der Waals surface area contributed by atoms with Crippen LogP contribution in [0.4, 0.5) is 0 Å². The largest absolute Gasteiger partial charge is 0.497 e. The van der Waals surface area contributed by atoms with Crippen LogP contribution >= 0.6 is 27.7 Å². The molecule has 1 aliphatic rings. The SMILES string of the molecule is COc1ccc(Br)c(C(=O)NC2CCC(SC)C2)c1. The van der Waals surface area contributed by atoms with Gasteiger partial charge >= 0.3 is 0 Å². The average Bonchev–Trinajstić information content (AvgIpc) is 2.87. The predicted octanol–water partition coefficient (Wildman–Crippen LogP) is 3.47. The van der Waals surface area contributed by atoms with Crippen LogP contribution in [0.25, 0.3) is 0 Å². The van der Waals surface area contributed by atoms with E-state index >= 15 is 0 Å². The molecule has 1 fully saturated rings. The van der Waals surface area contributed by atoms with Gasteiger partial charge in [-0.2, -0.15) is 11.8 Å². The van der Waals surface area contributed by atoms with Gasteiger partial charge in [0.25, 0.3) is 5.91 Å². The maximum Gasteiger partial charge on any atom is 0.252 e. The number of methoxy groups -OCH3 is 1. The van der Waals surface area contributed by atoms with Gasteiger partial charge in [0.15, 0.2) is 0 Å². The van der Waals surface area contributed by atoms with E-state index < -0.39 is 0 Å². The first-order valence-electron chi connectivity index (χ1n) is 6.31. The van der Waals surface area contributed by atoms with Crippen molar-refractivity contribution in [3.05, 3.63) is 28.2 Å². The van der Waals surface area contributed by atoms with Crippen molar-refractivity contribution in [2.75, 3.05) is 13.4 Å². The molecule has 1 amide bonds. The molecular formula is C14H18BrNO2S. The third-order valence-corrected chi connectivity index (χ3v) is 5.26. The maximum absolute atomic E-state index is 12.3. The zero-order chi connectivity index (χ0) is 13.8. The lowest BCUT2D eigenvalue weighted by Crippen LogP contribution is -2.33. The number of carbonyl (C=O) groups excluding carboxylic acids is 1. The number of nitrogens with one attached hydrogen (secondary N) is 1. The number of hydrogen-bond donors (Lipinski definition) is 1. The summed E-state index contributed by atoms with van der Waals surface area (Å²) in [7, 11) is 1.60. The molecule has 0 spiro atoms. The van der Waals surface area contributed by atoms with Gasteiger partial charge in [-0.25, -0.2) is 0 Å². The highest BCUT2D eigenvalue weighted by molar-refractivity contribution is 9.10. The normalized spacial score (nSPS) is 22.3. The molecule has 0 bridgehead atoms. The van der Waals surface area contributed by atoms with Gasteiger partial charge in [-0.3, -0.25) is 4.79 Å². The minimum atomic E-state index is -0.0301. The molecule has 3 nitrogen and oxygen atoms in total. The van der Waals surface area contributed by atoms with Crippen molar-refractivity contribution >= 4 is 33.6 Å². The number of ether oxygens (including phenoxy) is 1. The third kappa shape index (κ3) is 3.66. The minimum absolute atomic E-state index is 0.0301. The molecule has 0 saturated heterocycles. The predicted molar refractivity (Wildman–Crippen MR) is 83.1 cm³/mol. The molecule has 1 aromatic carbocycles. The van der Waals surface area contributed by atoms with Gasteiger partial charge < -0.3 is 10.1 Å². The van der Waals surface area contributed by atoms with Crippen LogP contribution in [-0.4, -0.2) is 30.6 Å². The highest BCUT2D eigenvalue weighted by atomic mass is 79.9. The molecule has 0 aromatic heterocycles. The standard InChI is InChI=1S/C14H18BrNO2S/c1-18-10-4-6-13(15)12(8-10)14(17)16-9-3-5-11(7-9)19-2/h4,6,8-9,11H,3,5,7H2,1-2H3,(H,16,17). The monoisotopic (exact) mass is 343 g/mol. The smallest absolute Gasteiger partial charge is 0.252 e. The Morgan fingerprint density at radius 1 is 1.47 bits per heavy atom. The zero-order valence-corrected chi connectivity index (χ0v) is 13.5. The van der Waals surface area contributed by atoms with Crippen LogP contribution in [0.3, 0.4) is 0 Å². The molecule has 0 heterocycles. The van der Waals surface area contributed by atoms with Gasteiger partial charge in [0.05, 0.1) is 12.7 Å². The lowest BCUT2D eigenvalue weighted by Gasteiger charge is -2.14. The van der Waals surface area contributed by atoms with Crippen molar-refractivity contribution < 1.29 is 9.53 Å². The van der Waals surface area contributed by atoms with E-state index in [2.05, 4.69) is 27.5 Å². The molecule has 0 aliphatic heterocycles. The van der Waals surface area contributed by atoms with Crippen LogP contribution in [0.5, 0.6) is 5.75 Å². The van der Waals surface area contributed by atoms with Crippen molar-refractivity contribution in [2.24, 2.45) is 0 Å². The number of thioether (sulfide) groups is 1. The number of rotatable bonds is 4. The van der Waals surface area contributed by atoms with Gasteiger partial charge in [-0.15, -0.1) is 0 Å². The summed E-state index contributed by atoms with van der Waals surface area (Å²) in [5.74, 6) is 0.666. The summed E-state index contributed by atoms with van der Waals surface area (Å²) in [6, 6.07) is 5.73. The molecule has 1 saturated carbocycles. The van der Waals surface area contributed by atoms with Gasteiger partial charge in [0, 0.05) is 15.8 Å². The van der Waals surface area contributed by atoms with E-state index in [1.807, 2.05) is 23.9 Å². The second kappa shape index (κ2) is 6.66. The first kappa shape index (κ1) is 14.7. The summed E-state index contributed by atoms with van der Waals surface area (Å²) in [4.78, 5) is 12.3. The molecular weight excluding hydrogens is 326 g/mol. The quantitative estimate of drug-likeness (QED) is 0.909. The van der Waals surface area contributed by atoms with Crippen LogP contribution in [0.1, 0.15) is 29.6 Å². The van der Waals surface area contributed by atoms with Crippen LogP contribution in [-0.2, 0) is 0 Å². The van der Waals surface area contributed by atoms with Gasteiger partial charge in [0.2, 0.25) is 0 Å². The first-order chi connectivity index (χ1) is 9.13. The Morgan fingerprint density at radius 3 is 2.89 bits per heavy atom. The highest BCUT2D eigenvalue weighted by Gasteiger charge is 2.26. The van der Waals surface area contributed by atoms with Crippen LogP contribution in [0, 0.1) is 0 Å². The second-order valence-electron chi connectivity index (χ2n) is 4.69. The highest BCUT2D eigenvalue weighted by Crippen LogP contribution is 2.29. The molecule has 1 aliphatic carbocycles. The Labute approximate surface area is 126 Å². The third-order valence-electron chi connectivity index (χ3n) is 3.47. The molecule has 104 valence electrons. The maximum atomic E-state index is 12.3. The Morgan fingerprint density at radius 2 is 2.26 bits per heavy atom. The van der Waals surface area contributed by atoms with E-state index in [-0.39, 0.29) is 5.91 Å². The Kier molecular flexibility index (Phi) is 5.16. The van der Waals surface area contributed by atoms with E-state index in [1.54, 1.807) is 13.2 Å². The fraction of sp³-hybridized carbons (Fsp3) is 0.500. The molecule has 1 aromatic rings. The van der Waals surface area contributed by atoms with E-state index in [9.17, 15) is 4.79 Å². The lowest BCUT2D eigenvalue weighted by atomic mass is 10.1. The Balaban J connectivity index is 2.04. The molecule has 2 unspecified atom stereocenters. The van der Waals surface area contributed by atoms with Crippen LogP contribution < -0.4 is 10.1 Å². The Bertz CT molecular complexity index is 467. The van der Waals surface area contributed by atoms with Crippen molar-refractivity contribution in [2.45, 2.75) is 30.6 Å². The van der Waals surface area contributed by atoms with Crippen molar-refractivity contribution in [1.82, 2.24) is 5.32 Å². The molecule has 1 N–H and O–H groups in total. The topological polar surface area (TPSA) is 38.3 Å². The summed E-state index contributed by atoms with van der Waals surface area (Å²) >= 11 is 5.30.